The fourth-order valence-corrected chi connectivity index (χ4v) is 7.82. The molecule has 3 aliphatic heterocycles. The molecule has 3 aliphatic rings. The Hall–Kier alpha value is -5.26. The molecule has 26 nitrogen and oxygen atoms in total. The number of hydrogen-bond acceptors (Lipinski definition) is 18. The van der Waals surface area contributed by atoms with Crippen LogP contribution in [0.2, 0.25) is 0 Å². The van der Waals surface area contributed by atoms with Gasteiger partial charge in [0.1, 0.15) is 30.2 Å². The second kappa shape index (κ2) is 20.9. The summed E-state index contributed by atoms with van der Waals surface area (Å²) in [5.74, 6) is -10.4. The fourth-order valence-electron chi connectivity index (χ4n) is 7.46. The molecule has 7 amide bonds. The first kappa shape index (κ1) is 50.4. The topological polar surface area (TPSA) is 417 Å². The zero-order valence-electron chi connectivity index (χ0n) is 34.2. The molecule has 4 rings (SSSR count). The molecule has 352 valence electrons. The molecule has 3 heterocycles. The van der Waals surface area contributed by atoms with Gasteiger partial charge >= 0.3 is 10.4 Å². The Kier molecular flexibility index (Phi) is 16.8. The molecular weight excluding hydrogens is 865 g/mol. The van der Waals surface area contributed by atoms with Gasteiger partial charge in [0.2, 0.25) is 41.4 Å². The number of carbonyl (C=O) groups excluding carboxylic acids is 7. The zero-order valence-corrected chi connectivity index (χ0v) is 35.0. The second-order valence-corrected chi connectivity index (χ2v) is 16.8. The molecule has 3 fully saturated rings. The third-order valence-corrected chi connectivity index (χ3v) is 11.2. The summed E-state index contributed by atoms with van der Waals surface area (Å²) >= 11 is 0. The van der Waals surface area contributed by atoms with E-state index < -0.39 is 181 Å². The van der Waals surface area contributed by atoms with Crippen LogP contribution in [0.15, 0.2) is 18.2 Å². The Balaban J connectivity index is 1.84. The number of aliphatic hydroxyl groups excluding tert-OH is 6. The molecule has 0 radical (unpaired) electrons. The molecule has 0 spiro atoms. The maximum Gasteiger partial charge on any atom is 0.446 e. The van der Waals surface area contributed by atoms with Crippen LogP contribution >= 0.6 is 0 Å². The van der Waals surface area contributed by atoms with Gasteiger partial charge in [0.15, 0.2) is 11.5 Å². The van der Waals surface area contributed by atoms with Crippen molar-refractivity contribution in [1.29, 1.82) is 0 Å². The Morgan fingerprint density at radius 1 is 0.873 bits per heavy atom. The lowest BCUT2D eigenvalue weighted by atomic mass is 9.98. The standard InChI is InChI=1S/C36H54N8O18S/c1-14-12-44-29(30(14)52)34(56)39-11-17(46)8-19(37)31(53)40-26(15(2)45)35(57)43-13-18(47)9-20(43)32(54)41-27(33(55)42-28(36(44)58)23(50)10-25(51)38-3)22(49)6-16-4-5-21(48)24(7-16)62-63(59,60)61/h4-5,7,14-15,17-20,22-23,26-30,45-50,52H,6,8-13,37H2,1-3H3,(H,38,51)(H,39,56)(H,40,53)(H,41,54)(H,42,55)(H,59,60,61)/t14-,15+,17+,18+,19-,20-,22+,23+,26?,27-,28-,29-,30-/m0/s1. The highest BCUT2D eigenvalue weighted by Crippen LogP contribution is 2.30. The van der Waals surface area contributed by atoms with E-state index in [1.165, 1.54) is 14.0 Å². The SMILES string of the molecule is CNC(=O)C[C@@H](O)[C@@H]1NC(=O)[C@H]([C@H](O)Cc2ccc(O)c(OS(=O)(=O)O)c2)NC(=O)[C@@H]2C[C@@H](O)CN2C(=O)C([C@@H](C)O)NC(=O)[C@@H](N)C[C@@H](O)CNC(=O)[C@@H]2[C@@H](O)[C@@H](C)CN2C1=O. The van der Waals surface area contributed by atoms with Gasteiger partial charge in [0.25, 0.3) is 0 Å². The number of hydrogen-bond donors (Lipinski definition) is 14. The van der Waals surface area contributed by atoms with Gasteiger partial charge in [-0.3, -0.25) is 38.1 Å². The summed E-state index contributed by atoms with van der Waals surface area (Å²) in [5, 5.41) is 87.3. The molecular formula is C36H54N8O18S. The van der Waals surface area contributed by atoms with Gasteiger partial charge < -0.3 is 82.0 Å². The van der Waals surface area contributed by atoms with Crippen molar-refractivity contribution in [2.45, 2.75) is 112 Å². The minimum absolute atomic E-state index is 0.100. The summed E-state index contributed by atoms with van der Waals surface area (Å²) in [5.41, 5.74) is 5.89. The summed E-state index contributed by atoms with van der Waals surface area (Å²) in [6.45, 7) is 1.08. The van der Waals surface area contributed by atoms with Crippen molar-refractivity contribution in [3.63, 3.8) is 0 Å². The second-order valence-electron chi connectivity index (χ2n) is 15.8. The van der Waals surface area contributed by atoms with Gasteiger partial charge in [-0.2, -0.15) is 8.42 Å². The summed E-state index contributed by atoms with van der Waals surface area (Å²) in [7, 11) is -3.99. The predicted octanol–water partition coefficient (Wildman–Crippen LogP) is -7.81. The van der Waals surface area contributed by atoms with E-state index in [-0.39, 0.29) is 12.1 Å². The minimum atomic E-state index is -5.19. The van der Waals surface area contributed by atoms with Gasteiger partial charge in [-0.15, -0.1) is 0 Å². The number of aromatic hydroxyl groups is 1. The number of nitrogens with one attached hydrogen (secondary N) is 5. The first-order chi connectivity index (χ1) is 29.3. The average molecular weight is 919 g/mol. The number of nitrogens with two attached hydrogens (primary N) is 1. The zero-order chi connectivity index (χ0) is 47.2. The van der Waals surface area contributed by atoms with Crippen molar-refractivity contribution in [3.05, 3.63) is 23.8 Å². The van der Waals surface area contributed by atoms with Gasteiger partial charge in [-0.1, -0.05) is 13.0 Å². The molecule has 1 unspecified atom stereocenters. The van der Waals surface area contributed by atoms with E-state index in [4.69, 9.17) is 10.3 Å². The number of fused-ring (bicyclic) bond motifs is 2. The molecule has 0 saturated carbocycles. The van der Waals surface area contributed by atoms with Crippen LogP contribution < -0.4 is 36.5 Å². The molecule has 15 N–H and O–H groups in total. The van der Waals surface area contributed by atoms with E-state index in [1.807, 2.05) is 0 Å². The largest absolute Gasteiger partial charge is 0.504 e. The monoisotopic (exact) mass is 918 g/mol. The first-order valence-electron chi connectivity index (χ1n) is 19.7. The quantitative estimate of drug-likeness (QED) is 0.102. The third kappa shape index (κ3) is 12.7. The molecule has 27 heteroatoms. The highest BCUT2D eigenvalue weighted by Gasteiger charge is 2.49. The predicted molar refractivity (Wildman–Crippen MR) is 211 cm³/mol. The molecule has 0 bridgehead atoms. The molecule has 0 aliphatic carbocycles. The van der Waals surface area contributed by atoms with Crippen LogP contribution in [0.25, 0.3) is 0 Å². The smallest absolute Gasteiger partial charge is 0.446 e. The Labute approximate surface area is 360 Å². The lowest BCUT2D eigenvalue weighted by molar-refractivity contribution is -0.147. The highest BCUT2D eigenvalue weighted by molar-refractivity contribution is 7.81. The van der Waals surface area contributed by atoms with E-state index in [0.717, 1.165) is 34.9 Å². The first-order valence-corrected chi connectivity index (χ1v) is 21.0. The summed E-state index contributed by atoms with van der Waals surface area (Å²) < 4.78 is 36.3. The maximum atomic E-state index is 14.4. The summed E-state index contributed by atoms with van der Waals surface area (Å²) in [6, 6.07) is -8.29. The number of carbonyl (C=O) groups is 7. The number of phenols is 1. The molecule has 3 saturated heterocycles. The van der Waals surface area contributed by atoms with Crippen LogP contribution in [0.1, 0.15) is 38.7 Å². The lowest BCUT2D eigenvalue weighted by Gasteiger charge is -2.34. The average Bonchev–Trinajstić information content (AvgIpc) is 3.74. The van der Waals surface area contributed by atoms with E-state index in [0.29, 0.717) is 0 Å². The van der Waals surface area contributed by atoms with Crippen LogP contribution in [0, 0.1) is 5.92 Å². The van der Waals surface area contributed by atoms with Crippen LogP contribution in [0.4, 0.5) is 0 Å². The van der Waals surface area contributed by atoms with Gasteiger partial charge in [0, 0.05) is 45.4 Å². The fraction of sp³-hybridized carbons (Fsp3) is 0.639. The molecule has 1 aromatic rings. The van der Waals surface area contributed by atoms with Gasteiger partial charge in [-0.25, -0.2) is 0 Å². The van der Waals surface area contributed by atoms with Gasteiger partial charge in [-0.05, 0) is 31.0 Å². The summed E-state index contributed by atoms with van der Waals surface area (Å²) in [4.78, 5) is 97.5. The summed E-state index contributed by atoms with van der Waals surface area (Å²) in [6.07, 6.45) is -12.9. The number of amides is 7. The van der Waals surface area contributed by atoms with E-state index >= 15 is 0 Å². The van der Waals surface area contributed by atoms with Crippen LogP contribution in [-0.4, -0.2) is 199 Å². The van der Waals surface area contributed by atoms with E-state index in [2.05, 4.69) is 30.8 Å². The van der Waals surface area contributed by atoms with Crippen LogP contribution in [0.3, 0.4) is 0 Å². The molecule has 0 aromatic heterocycles. The van der Waals surface area contributed by atoms with E-state index in [1.54, 1.807) is 0 Å². The van der Waals surface area contributed by atoms with Crippen LogP contribution in [-0.2, 0) is 50.4 Å². The van der Waals surface area contributed by atoms with Crippen molar-refractivity contribution < 1.29 is 86.5 Å². The molecule has 1 aromatic carbocycles. The van der Waals surface area contributed by atoms with Crippen molar-refractivity contribution in [1.82, 2.24) is 36.4 Å². The maximum absolute atomic E-state index is 14.4. The number of rotatable bonds is 9. The Morgan fingerprint density at radius 3 is 2.11 bits per heavy atom. The Morgan fingerprint density at radius 2 is 1.49 bits per heavy atom. The highest BCUT2D eigenvalue weighted by atomic mass is 32.3. The molecule has 13 atom stereocenters. The van der Waals surface area contributed by atoms with Crippen molar-refractivity contribution in [3.8, 4) is 11.5 Å². The van der Waals surface area contributed by atoms with Crippen molar-refractivity contribution in [2.75, 3.05) is 26.7 Å². The van der Waals surface area contributed by atoms with Crippen molar-refractivity contribution >= 4 is 51.7 Å². The van der Waals surface area contributed by atoms with Crippen LogP contribution in [0.5, 0.6) is 11.5 Å². The lowest BCUT2D eigenvalue weighted by Crippen LogP contribution is -2.64. The number of nitrogens with zero attached hydrogens (tertiary/aromatic N) is 2. The Bertz CT molecular complexity index is 2010. The molecule has 63 heavy (non-hydrogen) atoms. The van der Waals surface area contributed by atoms with Crippen molar-refractivity contribution in [2.24, 2.45) is 11.7 Å². The van der Waals surface area contributed by atoms with E-state index in [9.17, 15) is 77.7 Å². The number of phenolic OH excluding ortho intramolecular Hbond substituents is 1. The minimum Gasteiger partial charge on any atom is -0.504 e. The third-order valence-electron chi connectivity index (χ3n) is 10.8. The number of benzene rings is 1. The van der Waals surface area contributed by atoms with Gasteiger partial charge in [0.05, 0.1) is 49.1 Å². The normalized spacial score (nSPS) is 31.0. The number of aliphatic hydroxyl groups is 6. The number of β-amino-alcohol motifs (C(OH)–C–C–N with tert-alkyl or cyclic N) is 1.